The van der Waals surface area contributed by atoms with Crippen LogP contribution in [0.3, 0.4) is 0 Å². The molecule has 0 aromatic carbocycles. The molecule has 0 aliphatic heterocycles. The zero-order valence-corrected chi connectivity index (χ0v) is 16.6. The van der Waals surface area contributed by atoms with Gasteiger partial charge in [-0.25, -0.2) is 4.98 Å². The van der Waals surface area contributed by atoms with Crippen molar-refractivity contribution in [2.45, 2.75) is 13.1 Å². The van der Waals surface area contributed by atoms with E-state index in [0.717, 1.165) is 10.4 Å². The molecule has 0 aliphatic carbocycles. The van der Waals surface area contributed by atoms with Gasteiger partial charge < -0.3 is 5.32 Å². The predicted octanol–water partition coefficient (Wildman–Crippen LogP) is 2.55. The van der Waals surface area contributed by atoms with Crippen LogP contribution in [0.1, 0.15) is 5.82 Å². The fourth-order valence-electron chi connectivity index (χ4n) is 3.09. The third-order valence-electron chi connectivity index (χ3n) is 4.49. The Hall–Kier alpha value is -3.37. The van der Waals surface area contributed by atoms with E-state index < -0.39 is 0 Å². The molecule has 29 heavy (non-hydrogen) atoms. The topological polar surface area (TPSA) is 94.2 Å². The van der Waals surface area contributed by atoms with Crippen molar-refractivity contribution in [2.24, 2.45) is 0 Å². The van der Waals surface area contributed by atoms with Crippen molar-refractivity contribution < 1.29 is 4.79 Å². The molecular weight excluding hydrogens is 408 g/mol. The van der Waals surface area contributed by atoms with Crippen LogP contribution in [0.5, 0.6) is 0 Å². The molecule has 1 amide bonds. The molecule has 0 aliphatic rings. The van der Waals surface area contributed by atoms with Gasteiger partial charge in [-0.2, -0.15) is 0 Å². The highest BCUT2D eigenvalue weighted by Crippen LogP contribution is 2.33. The lowest BCUT2D eigenvalue weighted by molar-refractivity contribution is -0.121. The van der Waals surface area contributed by atoms with Gasteiger partial charge in [-0.1, -0.05) is 12.1 Å². The smallest absolute Gasteiger partial charge is 0.263 e. The third-order valence-corrected chi connectivity index (χ3v) is 6.28. The number of carbonyl (C=O) groups excluding carboxylic acids is 1. The molecule has 0 spiro atoms. The first-order chi connectivity index (χ1) is 14.2. The van der Waals surface area contributed by atoms with E-state index >= 15 is 0 Å². The molecule has 0 bridgehead atoms. The molecule has 0 radical (unpaired) electrons. The number of nitrogens with zero attached hydrogens (tertiary/aromatic N) is 5. The number of aromatic nitrogens is 5. The van der Waals surface area contributed by atoms with Gasteiger partial charge in [-0.05, 0) is 23.6 Å². The molecule has 5 heterocycles. The molecule has 0 saturated heterocycles. The lowest BCUT2D eigenvalue weighted by atomic mass is 10.2. The number of hydrogen-bond donors (Lipinski definition) is 1. The number of rotatable bonds is 5. The van der Waals surface area contributed by atoms with Crippen LogP contribution in [0.4, 0.5) is 0 Å². The van der Waals surface area contributed by atoms with E-state index in [4.69, 9.17) is 0 Å². The Bertz CT molecular complexity index is 1380. The molecule has 0 unspecified atom stereocenters. The van der Waals surface area contributed by atoms with Gasteiger partial charge in [-0.3, -0.25) is 18.6 Å². The zero-order chi connectivity index (χ0) is 19.8. The highest BCUT2D eigenvalue weighted by Gasteiger charge is 2.15. The minimum Gasteiger partial charge on any atom is -0.347 e. The van der Waals surface area contributed by atoms with Crippen molar-refractivity contribution in [3.63, 3.8) is 0 Å². The minimum atomic E-state index is -0.297. The van der Waals surface area contributed by atoms with E-state index in [2.05, 4.69) is 20.5 Å². The summed E-state index contributed by atoms with van der Waals surface area (Å²) in [6.45, 7) is 0.103. The largest absolute Gasteiger partial charge is 0.347 e. The standard InChI is InChI=1S/C19H14N6O2S2/c26-16(20-8-15-23-22-14-5-1-2-6-25(14)15)9-24-11-21-18-17(19(24)27)12(10-29-18)13-4-3-7-28-13/h1-7,10-11H,8-9H2,(H,20,26). The average Bonchev–Trinajstić information content (AvgIpc) is 3.48. The van der Waals surface area contributed by atoms with Gasteiger partial charge in [0.25, 0.3) is 5.56 Å². The van der Waals surface area contributed by atoms with Gasteiger partial charge in [0.2, 0.25) is 5.91 Å². The molecule has 0 saturated carbocycles. The molecule has 0 fully saturated rings. The summed E-state index contributed by atoms with van der Waals surface area (Å²) in [5, 5.41) is 15.4. The molecule has 5 aromatic heterocycles. The highest BCUT2D eigenvalue weighted by atomic mass is 32.1. The lowest BCUT2D eigenvalue weighted by Gasteiger charge is -2.07. The van der Waals surface area contributed by atoms with Gasteiger partial charge in [0.1, 0.15) is 11.4 Å². The summed E-state index contributed by atoms with van der Waals surface area (Å²) < 4.78 is 3.14. The highest BCUT2D eigenvalue weighted by molar-refractivity contribution is 7.18. The number of carbonyl (C=O) groups is 1. The Kier molecular flexibility index (Phi) is 4.41. The van der Waals surface area contributed by atoms with Gasteiger partial charge >= 0.3 is 0 Å². The lowest BCUT2D eigenvalue weighted by Crippen LogP contribution is -2.32. The maximum atomic E-state index is 13.0. The number of nitrogens with one attached hydrogen (secondary N) is 1. The average molecular weight is 422 g/mol. The summed E-state index contributed by atoms with van der Waals surface area (Å²) in [5.74, 6) is 0.321. The normalized spacial score (nSPS) is 11.3. The quantitative estimate of drug-likeness (QED) is 0.470. The number of amides is 1. The summed E-state index contributed by atoms with van der Waals surface area (Å²) in [6, 6.07) is 9.49. The number of hydrogen-bond acceptors (Lipinski definition) is 7. The van der Waals surface area contributed by atoms with Crippen molar-refractivity contribution in [1.82, 2.24) is 29.5 Å². The van der Waals surface area contributed by atoms with E-state index in [1.807, 2.05) is 47.3 Å². The molecule has 8 nitrogen and oxygen atoms in total. The molecule has 10 heteroatoms. The first-order valence-electron chi connectivity index (χ1n) is 8.76. The second kappa shape index (κ2) is 7.22. The minimum absolute atomic E-state index is 0.113. The fraction of sp³-hybridized carbons (Fsp3) is 0.105. The summed E-state index contributed by atoms with van der Waals surface area (Å²) in [6.07, 6.45) is 3.26. The Labute approximate surface area is 172 Å². The van der Waals surface area contributed by atoms with Crippen LogP contribution < -0.4 is 10.9 Å². The Morgan fingerprint density at radius 3 is 2.93 bits per heavy atom. The first-order valence-corrected chi connectivity index (χ1v) is 10.5. The summed E-state index contributed by atoms with van der Waals surface area (Å²) >= 11 is 2.99. The number of fused-ring (bicyclic) bond motifs is 2. The molecule has 5 rings (SSSR count). The number of thiophene rings is 2. The summed E-state index contributed by atoms with van der Waals surface area (Å²) in [7, 11) is 0. The van der Waals surface area contributed by atoms with Crippen LogP contribution in [0, 0.1) is 0 Å². The van der Waals surface area contributed by atoms with Crippen LogP contribution in [0.2, 0.25) is 0 Å². The van der Waals surface area contributed by atoms with E-state index in [0.29, 0.717) is 21.7 Å². The zero-order valence-electron chi connectivity index (χ0n) is 15.0. The van der Waals surface area contributed by atoms with Gasteiger partial charge in [0, 0.05) is 22.0 Å². The van der Waals surface area contributed by atoms with E-state index in [1.54, 1.807) is 15.7 Å². The van der Waals surface area contributed by atoms with Crippen molar-refractivity contribution >= 4 is 44.4 Å². The van der Waals surface area contributed by atoms with Crippen LogP contribution in [0.25, 0.3) is 26.3 Å². The molecule has 144 valence electrons. The summed E-state index contributed by atoms with van der Waals surface area (Å²) in [5.41, 5.74) is 1.35. The molecule has 1 N–H and O–H groups in total. The third kappa shape index (κ3) is 3.22. The first kappa shape index (κ1) is 17.7. The maximum absolute atomic E-state index is 13.0. The van der Waals surface area contributed by atoms with Crippen LogP contribution in [-0.4, -0.2) is 30.1 Å². The van der Waals surface area contributed by atoms with Crippen LogP contribution in [0.15, 0.2) is 58.4 Å². The Balaban J connectivity index is 1.37. The Morgan fingerprint density at radius 1 is 1.14 bits per heavy atom. The molecule has 0 atom stereocenters. The second-order valence-corrected chi connectivity index (χ2v) is 8.11. The predicted molar refractivity (Wildman–Crippen MR) is 112 cm³/mol. The van der Waals surface area contributed by atoms with Crippen molar-refractivity contribution in [2.75, 3.05) is 0 Å². The van der Waals surface area contributed by atoms with E-state index in [9.17, 15) is 9.59 Å². The molecule has 5 aromatic rings. The second-order valence-electron chi connectivity index (χ2n) is 6.31. The monoisotopic (exact) mass is 422 g/mol. The van der Waals surface area contributed by atoms with Crippen molar-refractivity contribution in [1.29, 1.82) is 0 Å². The van der Waals surface area contributed by atoms with Crippen LogP contribution in [-0.2, 0) is 17.9 Å². The van der Waals surface area contributed by atoms with Crippen molar-refractivity contribution in [3.05, 3.63) is 69.8 Å². The Morgan fingerprint density at radius 2 is 2.07 bits per heavy atom. The van der Waals surface area contributed by atoms with E-state index in [-0.39, 0.29) is 24.6 Å². The van der Waals surface area contributed by atoms with Crippen molar-refractivity contribution in [3.8, 4) is 10.4 Å². The van der Waals surface area contributed by atoms with Gasteiger partial charge in [0.15, 0.2) is 11.5 Å². The van der Waals surface area contributed by atoms with Gasteiger partial charge in [-0.15, -0.1) is 32.9 Å². The fourth-order valence-corrected chi connectivity index (χ4v) is 4.81. The molecular formula is C19H14N6O2S2. The summed E-state index contributed by atoms with van der Waals surface area (Å²) in [4.78, 5) is 31.4. The SMILES string of the molecule is O=C(Cn1cnc2scc(-c3cccs3)c2c1=O)NCc1nnc2ccccn12. The van der Waals surface area contributed by atoms with E-state index in [1.165, 1.54) is 22.2 Å². The number of pyridine rings is 1. The van der Waals surface area contributed by atoms with Crippen LogP contribution >= 0.6 is 22.7 Å². The maximum Gasteiger partial charge on any atom is 0.263 e. The van der Waals surface area contributed by atoms with Gasteiger partial charge in [0.05, 0.1) is 18.3 Å².